The molecule has 0 bridgehead atoms. The van der Waals surface area contributed by atoms with Crippen molar-refractivity contribution in [2.45, 2.75) is 6.42 Å². The lowest BCUT2D eigenvalue weighted by molar-refractivity contribution is -0.531. The number of nitrogens with one attached hydrogen (secondary N) is 1. The van der Waals surface area contributed by atoms with Gasteiger partial charge in [0.25, 0.3) is 0 Å². The van der Waals surface area contributed by atoms with Crippen molar-refractivity contribution in [2.24, 2.45) is 0 Å². The first-order chi connectivity index (χ1) is 23.0. The van der Waals surface area contributed by atoms with Gasteiger partial charge in [0.15, 0.2) is 18.8 Å². The van der Waals surface area contributed by atoms with Crippen LogP contribution in [-0.2, 0) is 23.7 Å². The van der Waals surface area contributed by atoms with Crippen molar-refractivity contribution in [1.82, 2.24) is 0 Å². The molecule has 0 heterocycles. The highest BCUT2D eigenvalue weighted by Crippen LogP contribution is 2.36. The normalized spacial score (nSPS) is 12.5. The molecule has 0 aromatic heterocycles. The van der Waals surface area contributed by atoms with E-state index in [0.29, 0.717) is 33.0 Å². The van der Waals surface area contributed by atoms with E-state index in [1.165, 1.54) is 0 Å². The van der Waals surface area contributed by atoms with Crippen LogP contribution in [0.2, 0.25) is 0 Å². The van der Waals surface area contributed by atoms with Gasteiger partial charge in [-0.1, -0.05) is 36.4 Å². The Kier molecular flexibility index (Phi) is 14.2. The summed E-state index contributed by atoms with van der Waals surface area (Å²) in [6.07, 6.45) is 8.67. The highest BCUT2D eigenvalue weighted by molar-refractivity contribution is 6.05. The summed E-state index contributed by atoms with van der Waals surface area (Å²) >= 11 is 0. The molecular weight excluding hydrogens is 594 g/mol. The maximum Gasteiger partial charge on any atom is 0.305 e. The van der Waals surface area contributed by atoms with Crippen LogP contribution in [0.5, 0.6) is 0 Å². The number of carboxylic acid groups (broad SMARTS) is 1. The molecular formula is C38H48N3O6+. The van der Waals surface area contributed by atoms with E-state index in [1.807, 2.05) is 12.1 Å². The minimum absolute atomic E-state index is 0.0311. The molecule has 1 aliphatic carbocycles. The van der Waals surface area contributed by atoms with Gasteiger partial charge in [0.05, 0.1) is 19.6 Å². The number of carbonyl (C=O) groups is 1. The zero-order chi connectivity index (χ0) is 33.4. The van der Waals surface area contributed by atoms with Crippen LogP contribution < -0.4 is 10.2 Å². The minimum Gasteiger partial charge on any atom is -0.481 e. The molecule has 0 aliphatic heterocycles. The predicted octanol–water partition coefficient (Wildman–Crippen LogP) is 5.50. The number of aliphatic carboxylic acids is 1. The second-order valence-electron chi connectivity index (χ2n) is 11.2. The van der Waals surface area contributed by atoms with Gasteiger partial charge < -0.3 is 34.3 Å². The summed E-state index contributed by atoms with van der Waals surface area (Å²) in [6.45, 7) is 5.85. The van der Waals surface area contributed by atoms with Gasteiger partial charge in [-0.15, -0.1) is 0 Å². The van der Waals surface area contributed by atoms with E-state index >= 15 is 0 Å². The molecule has 47 heavy (non-hydrogen) atoms. The summed E-state index contributed by atoms with van der Waals surface area (Å²) in [7, 11) is 6.86. The summed E-state index contributed by atoms with van der Waals surface area (Å²) in [6, 6.07) is 21.2. The Morgan fingerprint density at radius 3 is 1.98 bits per heavy atom. The van der Waals surface area contributed by atoms with E-state index in [9.17, 15) is 9.90 Å². The average Bonchev–Trinajstić information content (AvgIpc) is 3.09. The van der Waals surface area contributed by atoms with Gasteiger partial charge in [0.1, 0.15) is 13.2 Å². The van der Waals surface area contributed by atoms with Crippen LogP contribution in [0.25, 0.3) is 16.3 Å². The molecule has 3 aromatic rings. The molecule has 9 heteroatoms. The third-order valence-electron chi connectivity index (χ3n) is 8.11. The van der Waals surface area contributed by atoms with Crippen LogP contribution in [0, 0.1) is 0 Å². The fraction of sp³-hybridized carbons (Fsp3) is 0.368. The van der Waals surface area contributed by atoms with Gasteiger partial charge in [-0.3, -0.25) is 4.79 Å². The summed E-state index contributed by atoms with van der Waals surface area (Å²) < 4.78 is 23.7. The molecule has 1 aliphatic rings. The first-order valence-corrected chi connectivity index (χ1v) is 16.0. The second-order valence-corrected chi connectivity index (χ2v) is 11.2. The number of anilines is 2. The molecule has 0 amide bonds. The third kappa shape index (κ3) is 10.1. The highest BCUT2D eigenvalue weighted by Gasteiger charge is 2.18. The predicted molar refractivity (Wildman–Crippen MR) is 190 cm³/mol. The molecule has 0 unspecified atom stereocenters. The molecule has 9 nitrogen and oxygen atoms in total. The monoisotopic (exact) mass is 642 g/mol. The molecule has 3 aromatic carbocycles. The van der Waals surface area contributed by atoms with Crippen LogP contribution in [0.15, 0.2) is 90.5 Å². The van der Waals surface area contributed by atoms with Crippen LogP contribution in [0.1, 0.15) is 17.5 Å². The van der Waals surface area contributed by atoms with E-state index < -0.39 is 5.97 Å². The maximum atomic E-state index is 11.3. The first-order valence-electron chi connectivity index (χ1n) is 16.0. The summed E-state index contributed by atoms with van der Waals surface area (Å²) in [5.41, 5.74) is 7.35. The topological polar surface area (TPSA) is 92.5 Å². The Balaban J connectivity index is 1.83. The molecule has 2 N–H and O–H groups in total. The maximum absolute atomic E-state index is 11.3. The standard InChI is InChI=1S/C38H47N3O6/c1-44-23-19-40(20-24-45-2)33-13-9-29(10-14-33)38(30-11-15-34(16-12-30)41(21-25-46-3)22-26-47-4)32-27-31-7-5-6-8-35(31)36(28-32)39-18-17-37(42)43/h5-16,27-28,39H,17-26H2,1-4H3/p+1. The average molecular weight is 643 g/mol. The minimum atomic E-state index is -0.833. The van der Waals surface area contributed by atoms with Gasteiger partial charge in [-0.05, 0) is 64.1 Å². The Morgan fingerprint density at radius 1 is 0.766 bits per heavy atom. The van der Waals surface area contributed by atoms with E-state index in [2.05, 4.69) is 87.6 Å². The van der Waals surface area contributed by atoms with Crippen LogP contribution >= 0.6 is 0 Å². The number of benzene rings is 3. The lowest BCUT2D eigenvalue weighted by Crippen LogP contribution is -2.30. The summed E-state index contributed by atoms with van der Waals surface area (Å²) in [5.74, 6) is -0.833. The first kappa shape index (κ1) is 35.6. The number of hydrogen-bond acceptors (Lipinski definition) is 7. The number of rotatable bonds is 19. The molecule has 0 saturated heterocycles. The summed E-state index contributed by atoms with van der Waals surface area (Å²) in [5, 5.41) is 14.8. The van der Waals surface area contributed by atoms with Crippen molar-refractivity contribution in [3.63, 3.8) is 0 Å². The third-order valence-corrected chi connectivity index (χ3v) is 8.11. The number of hydrogen-bond donors (Lipinski definition) is 2. The number of carboxylic acids is 1. The van der Waals surface area contributed by atoms with Crippen LogP contribution in [-0.4, -0.2) is 109 Å². The zero-order valence-electron chi connectivity index (χ0n) is 28.0. The van der Waals surface area contributed by atoms with Crippen molar-refractivity contribution in [3.05, 3.63) is 102 Å². The number of ether oxygens (including phenoxy) is 4. The van der Waals surface area contributed by atoms with Gasteiger partial charge in [-0.2, -0.15) is 0 Å². The number of methoxy groups -OCH3 is 4. The molecule has 0 saturated carbocycles. The molecule has 0 atom stereocenters. The smallest absolute Gasteiger partial charge is 0.305 e. The fourth-order valence-corrected chi connectivity index (χ4v) is 5.63. The second kappa shape index (κ2) is 18.8. The highest BCUT2D eigenvalue weighted by atomic mass is 16.5. The number of nitrogens with zero attached hydrogens (tertiary/aromatic N) is 2. The van der Waals surface area contributed by atoms with Crippen molar-refractivity contribution in [3.8, 4) is 0 Å². The van der Waals surface area contributed by atoms with Crippen LogP contribution in [0.3, 0.4) is 0 Å². The van der Waals surface area contributed by atoms with E-state index in [1.54, 1.807) is 28.4 Å². The molecule has 0 spiro atoms. The number of allylic oxidation sites excluding steroid dienone is 5. The summed E-state index contributed by atoms with van der Waals surface area (Å²) in [4.78, 5) is 13.6. The Morgan fingerprint density at radius 2 is 1.38 bits per heavy atom. The van der Waals surface area contributed by atoms with Crippen molar-refractivity contribution >= 4 is 39.4 Å². The number of fused-ring (bicyclic) bond motifs is 1. The van der Waals surface area contributed by atoms with Gasteiger partial charge in [-0.25, -0.2) is 4.58 Å². The lowest BCUT2D eigenvalue weighted by Gasteiger charge is -2.25. The lowest BCUT2D eigenvalue weighted by atomic mass is 9.89. The van der Waals surface area contributed by atoms with E-state index in [-0.39, 0.29) is 6.42 Å². The largest absolute Gasteiger partial charge is 0.481 e. The van der Waals surface area contributed by atoms with Gasteiger partial charge in [0, 0.05) is 77.0 Å². The SMILES string of the molecule is COCCN(CCOC)c1ccc(C(=C2C=CC(=[N+](CCOC)CCOC)C=C2)c2cc(NCCC(=O)O)c3ccccc3c2)cc1. The van der Waals surface area contributed by atoms with Crippen molar-refractivity contribution in [1.29, 1.82) is 0 Å². The van der Waals surface area contributed by atoms with Crippen molar-refractivity contribution in [2.75, 3.05) is 97.8 Å². The van der Waals surface area contributed by atoms with Gasteiger partial charge >= 0.3 is 5.97 Å². The Hall–Kier alpha value is -4.28. The molecule has 0 radical (unpaired) electrons. The van der Waals surface area contributed by atoms with E-state index in [0.717, 1.165) is 76.3 Å². The van der Waals surface area contributed by atoms with Gasteiger partial charge in [0.2, 0.25) is 0 Å². The Bertz CT molecular complexity index is 1560. The van der Waals surface area contributed by atoms with Crippen molar-refractivity contribution < 1.29 is 33.4 Å². The van der Waals surface area contributed by atoms with Crippen LogP contribution in [0.4, 0.5) is 11.4 Å². The van der Waals surface area contributed by atoms with E-state index in [4.69, 9.17) is 18.9 Å². The quantitative estimate of drug-likeness (QED) is 0.166. The Labute approximate surface area is 278 Å². The molecule has 4 rings (SSSR count). The molecule has 0 fully saturated rings. The zero-order valence-corrected chi connectivity index (χ0v) is 28.0. The fourth-order valence-electron chi connectivity index (χ4n) is 5.63. The molecule has 250 valence electrons.